The molecule has 5 atom stereocenters. The molecule has 1 aromatic carbocycles. The third-order valence-corrected chi connectivity index (χ3v) is 6.73. The number of carboxylic acids is 1. The van der Waals surface area contributed by atoms with E-state index in [1.807, 2.05) is 38.1 Å². The number of fused-ring (bicyclic) bond motifs is 1. The fraction of sp³-hybridized carbons (Fsp3) is 0.520. The van der Waals surface area contributed by atoms with Crippen LogP contribution in [0.25, 0.3) is 10.9 Å². The van der Waals surface area contributed by atoms with Crippen LogP contribution in [0.3, 0.4) is 0 Å². The first-order chi connectivity index (χ1) is 16.6. The van der Waals surface area contributed by atoms with Crippen LogP contribution in [-0.4, -0.2) is 69.4 Å². The lowest BCUT2D eigenvalue weighted by Crippen LogP contribution is -2.58. The number of hydrogen-bond donors (Lipinski definition) is 5. The van der Waals surface area contributed by atoms with Crippen LogP contribution in [0.15, 0.2) is 30.5 Å². The maximum atomic E-state index is 13.2. The molecule has 0 bridgehead atoms. The Hall–Kier alpha value is -3.40. The van der Waals surface area contributed by atoms with E-state index in [-0.39, 0.29) is 18.2 Å². The van der Waals surface area contributed by atoms with Crippen molar-refractivity contribution >= 4 is 34.6 Å². The van der Waals surface area contributed by atoms with Crippen molar-refractivity contribution in [1.82, 2.24) is 20.5 Å². The summed E-state index contributed by atoms with van der Waals surface area (Å²) in [6.45, 7) is 5.72. The Morgan fingerprint density at radius 1 is 1.20 bits per heavy atom. The third kappa shape index (κ3) is 6.00. The number of rotatable bonds is 10. The zero-order valence-corrected chi connectivity index (χ0v) is 20.4. The van der Waals surface area contributed by atoms with Crippen molar-refractivity contribution < 1.29 is 24.3 Å². The van der Waals surface area contributed by atoms with E-state index in [1.165, 1.54) is 4.90 Å². The summed E-state index contributed by atoms with van der Waals surface area (Å²) in [5.41, 5.74) is 7.38. The lowest BCUT2D eigenvalue weighted by Gasteiger charge is -2.30. The number of para-hydroxylation sites is 1. The molecule has 1 fully saturated rings. The second kappa shape index (κ2) is 11.4. The highest BCUT2D eigenvalue weighted by Crippen LogP contribution is 2.21. The molecule has 2 heterocycles. The molecule has 0 aliphatic carbocycles. The fourth-order valence-electron chi connectivity index (χ4n) is 4.50. The Balaban J connectivity index is 1.74. The van der Waals surface area contributed by atoms with Gasteiger partial charge in [-0.3, -0.25) is 14.4 Å². The molecule has 10 nitrogen and oxygen atoms in total. The topological polar surface area (TPSA) is 158 Å². The van der Waals surface area contributed by atoms with Crippen molar-refractivity contribution in [2.45, 2.75) is 70.6 Å². The van der Waals surface area contributed by atoms with E-state index in [1.54, 1.807) is 13.1 Å². The van der Waals surface area contributed by atoms with Crippen LogP contribution in [0.5, 0.6) is 0 Å². The van der Waals surface area contributed by atoms with Gasteiger partial charge in [0.25, 0.3) is 0 Å². The molecule has 6 N–H and O–H groups in total. The summed E-state index contributed by atoms with van der Waals surface area (Å²) in [6, 6.07) is 3.99. The Morgan fingerprint density at radius 3 is 2.57 bits per heavy atom. The second-order valence-electron chi connectivity index (χ2n) is 9.31. The van der Waals surface area contributed by atoms with Crippen molar-refractivity contribution in [3.8, 4) is 0 Å². The molecule has 3 amide bonds. The summed E-state index contributed by atoms with van der Waals surface area (Å²) < 4.78 is 0. The van der Waals surface area contributed by atoms with Gasteiger partial charge in [-0.15, -0.1) is 0 Å². The van der Waals surface area contributed by atoms with E-state index in [0.717, 1.165) is 16.5 Å². The molecule has 190 valence electrons. The smallest absolute Gasteiger partial charge is 0.326 e. The standard InChI is InChI=1S/C25H35N5O5/c1-4-14(2)21(29-22(31)20-10-7-11-30(20)24(33)15(3)26)23(32)28-19(25(34)35)12-16-13-27-18-9-6-5-8-17(16)18/h5-6,8-9,13-15,19-21,27H,4,7,10-12,26H2,1-3H3,(H,28,32)(H,29,31)(H,34,35). The lowest BCUT2D eigenvalue weighted by molar-refractivity contribution is -0.143. The zero-order chi connectivity index (χ0) is 25.7. The van der Waals surface area contributed by atoms with Gasteiger partial charge in [0.05, 0.1) is 6.04 Å². The Kier molecular flexibility index (Phi) is 8.50. The minimum Gasteiger partial charge on any atom is -0.480 e. The molecule has 1 saturated heterocycles. The number of aromatic amines is 1. The van der Waals surface area contributed by atoms with E-state index in [0.29, 0.717) is 25.8 Å². The van der Waals surface area contributed by atoms with Crippen LogP contribution in [0.4, 0.5) is 0 Å². The van der Waals surface area contributed by atoms with Gasteiger partial charge in [-0.1, -0.05) is 38.5 Å². The Labute approximate surface area is 204 Å². The van der Waals surface area contributed by atoms with Gasteiger partial charge in [-0.05, 0) is 37.3 Å². The van der Waals surface area contributed by atoms with Crippen LogP contribution in [-0.2, 0) is 25.6 Å². The average Bonchev–Trinajstić information content (AvgIpc) is 3.48. The number of carbonyl (C=O) groups is 4. The molecule has 3 rings (SSSR count). The fourth-order valence-corrected chi connectivity index (χ4v) is 4.50. The number of H-pyrrole nitrogens is 1. The Morgan fingerprint density at radius 2 is 1.91 bits per heavy atom. The van der Waals surface area contributed by atoms with Crippen molar-refractivity contribution in [2.75, 3.05) is 6.54 Å². The molecular weight excluding hydrogens is 450 g/mol. The van der Waals surface area contributed by atoms with E-state index >= 15 is 0 Å². The average molecular weight is 486 g/mol. The van der Waals surface area contributed by atoms with Gasteiger partial charge in [0.2, 0.25) is 17.7 Å². The molecule has 1 aromatic heterocycles. The molecule has 2 aromatic rings. The van der Waals surface area contributed by atoms with Crippen LogP contribution in [0.2, 0.25) is 0 Å². The summed E-state index contributed by atoms with van der Waals surface area (Å²) in [6.07, 6.45) is 3.57. The molecule has 5 unspecified atom stereocenters. The predicted molar refractivity (Wildman–Crippen MR) is 131 cm³/mol. The van der Waals surface area contributed by atoms with Crippen LogP contribution in [0.1, 0.15) is 45.6 Å². The number of carbonyl (C=O) groups excluding carboxylic acids is 3. The van der Waals surface area contributed by atoms with Gasteiger partial charge in [-0.2, -0.15) is 0 Å². The highest BCUT2D eigenvalue weighted by Gasteiger charge is 2.38. The van der Waals surface area contributed by atoms with Crippen molar-refractivity contribution in [1.29, 1.82) is 0 Å². The van der Waals surface area contributed by atoms with E-state index in [4.69, 9.17) is 5.73 Å². The van der Waals surface area contributed by atoms with Crippen molar-refractivity contribution in [3.63, 3.8) is 0 Å². The summed E-state index contributed by atoms with van der Waals surface area (Å²) in [5, 5.41) is 16.1. The molecule has 1 aliphatic rings. The number of benzene rings is 1. The molecule has 10 heteroatoms. The Bertz CT molecular complexity index is 1080. The third-order valence-electron chi connectivity index (χ3n) is 6.73. The van der Waals surface area contributed by atoms with Gasteiger partial charge >= 0.3 is 5.97 Å². The number of hydrogen-bond acceptors (Lipinski definition) is 5. The first-order valence-corrected chi connectivity index (χ1v) is 12.1. The molecule has 0 radical (unpaired) electrons. The SMILES string of the molecule is CCC(C)C(NC(=O)C1CCCN1C(=O)C(C)N)C(=O)NC(Cc1c[nH]c2ccccc12)C(=O)O. The second-order valence-corrected chi connectivity index (χ2v) is 9.31. The summed E-state index contributed by atoms with van der Waals surface area (Å²) in [4.78, 5) is 55.3. The van der Waals surface area contributed by atoms with E-state index < -0.39 is 42.0 Å². The number of aromatic nitrogens is 1. The molecular formula is C25H35N5O5. The highest BCUT2D eigenvalue weighted by atomic mass is 16.4. The monoisotopic (exact) mass is 485 g/mol. The summed E-state index contributed by atoms with van der Waals surface area (Å²) >= 11 is 0. The number of likely N-dealkylation sites (tertiary alicyclic amines) is 1. The van der Waals surface area contributed by atoms with Crippen LogP contribution < -0.4 is 16.4 Å². The zero-order valence-electron chi connectivity index (χ0n) is 20.4. The van der Waals surface area contributed by atoms with Gasteiger partial charge in [-0.25, -0.2) is 4.79 Å². The number of aliphatic carboxylic acids is 1. The highest BCUT2D eigenvalue weighted by molar-refractivity contribution is 5.94. The number of nitrogens with two attached hydrogens (primary N) is 1. The van der Waals surface area contributed by atoms with E-state index in [9.17, 15) is 24.3 Å². The number of nitrogens with zero attached hydrogens (tertiary/aromatic N) is 1. The van der Waals surface area contributed by atoms with Crippen molar-refractivity contribution in [3.05, 3.63) is 36.0 Å². The molecule has 1 aliphatic heterocycles. The van der Waals surface area contributed by atoms with Crippen LogP contribution >= 0.6 is 0 Å². The number of carboxylic acid groups (broad SMARTS) is 1. The summed E-state index contributed by atoms with van der Waals surface area (Å²) in [7, 11) is 0. The van der Waals surface area contributed by atoms with Gasteiger partial charge in [0, 0.05) is 30.1 Å². The normalized spacial score (nSPS) is 19.1. The van der Waals surface area contributed by atoms with E-state index in [2.05, 4.69) is 15.6 Å². The first-order valence-electron chi connectivity index (χ1n) is 12.1. The number of nitrogens with one attached hydrogen (secondary N) is 3. The van der Waals surface area contributed by atoms with Gasteiger partial charge < -0.3 is 31.4 Å². The molecule has 35 heavy (non-hydrogen) atoms. The largest absolute Gasteiger partial charge is 0.480 e. The maximum absolute atomic E-state index is 13.2. The molecule has 0 saturated carbocycles. The van der Waals surface area contributed by atoms with Gasteiger partial charge in [0.1, 0.15) is 18.1 Å². The van der Waals surface area contributed by atoms with Gasteiger partial charge in [0.15, 0.2) is 0 Å². The lowest BCUT2D eigenvalue weighted by atomic mass is 9.96. The van der Waals surface area contributed by atoms with Crippen molar-refractivity contribution in [2.24, 2.45) is 11.7 Å². The van der Waals surface area contributed by atoms with Crippen LogP contribution in [0, 0.1) is 5.92 Å². The number of amides is 3. The molecule has 0 spiro atoms. The quantitative estimate of drug-likeness (QED) is 0.340. The maximum Gasteiger partial charge on any atom is 0.326 e. The first kappa shape index (κ1) is 26.2. The minimum absolute atomic E-state index is 0.0888. The predicted octanol–water partition coefficient (Wildman–Crippen LogP) is 1.15. The minimum atomic E-state index is -1.17. The summed E-state index contributed by atoms with van der Waals surface area (Å²) in [5.74, 6) is -2.72.